The highest BCUT2D eigenvalue weighted by Crippen LogP contribution is 2.28. The summed E-state index contributed by atoms with van der Waals surface area (Å²) in [5.74, 6) is -0.402. The molecule has 0 saturated heterocycles. The van der Waals surface area contributed by atoms with E-state index in [-0.39, 0.29) is 6.54 Å². The second kappa shape index (κ2) is 6.81. The fourth-order valence-electron chi connectivity index (χ4n) is 1.91. The Morgan fingerprint density at radius 3 is 2.61 bits per heavy atom. The van der Waals surface area contributed by atoms with Gasteiger partial charge in [0.05, 0.1) is 16.8 Å². The molecule has 1 aromatic heterocycles. The van der Waals surface area contributed by atoms with Crippen molar-refractivity contribution in [3.05, 3.63) is 24.3 Å². The number of alkyl halides is 3. The molecule has 0 fully saturated rings. The smallest absolute Gasteiger partial charge is 0.382 e. The molecule has 0 bridgehead atoms. The number of para-hydroxylation sites is 1. The average Bonchev–Trinajstić information content (AvgIpc) is 2.88. The first-order valence-electron chi connectivity index (χ1n) is 6.74. The van der Waals surface area contributed by atoms with Crippen LogP contribution in [-0.2, 0) is 4.79 Å². The predicted octanol–water partition coefficient (Wildman–Crippen LogP) is 2.11. The van der Waals surface area contributed by atoms with Crippen LogP contribution in [0.3, 0.4) is 0 Å². The van der Waals surface area contributed by atoms with Crippen LogP contribution >= 0.6 is 11.3 Å². The monoisotopic (exact) mass is 347 g/mol. The summed E-state index contributed by atoms with van der Waals surface area (Å²) in [4.78, 5) is 18.9. The van der Waals surface area contributed by atoms with Crippen LogP contribution < -0.4 is 4.90 Å². The largest absolute Gasteiger partial charge is 0.415 e. The molecule has 2 rings (SSSR count). The minimum atomic E-state index is -4.70. The minimum Gasteiger partial charge on any atom is -0.382 e. The van der Waals surface area contributed by atoms with E-state index >= 15 is 0 Å². The number of hydrogen-bond donors (Lipinski definition) is 1. The zero-order valence-electron chi connectivity index (χ0n) is 12.5. The van der Waals surface area contributed by atoms with Crippen molar-refractivity contribution in [3.63, 3.8) is 0 Å². The molecule has 1 N–H and O–H groups in total. The highest BCUT2D eigenvalue weighted by Gasteiger charge is 2.38. The Hall–Kier alpha value is -1.71. The maximum absolute atomic E-state index is 12.3. The van der Waals surface area contributed by atoms with Gasteiger partial charge < -0.3 is 5.11 Å². The summed E-state index contributed by atoms with van der Waals surface area (Å²) in [6.45, 7) is -0.914. The molecule has 1 amide bonds. The molecule has 0 aliphatic carbocycles. The molecule has 5 nitrogen and oxygen atoms in total. The lowest BCUT2D eigenvalue weighted by molar-refractivity contribution is -0.207. The van der Waals surface area contributed by atoms with E-state index < -0.39 is 24.7 Å². The first-order chi connectivity index (χ1) is 10.7. The Morgan fingerprint density at radius 1 is 1.35 bits per heavy atom. The van der Waals surface area contributed by atoms with Gasteiger partial charge in [-0.15, -0.1) is 0 Å². The number of aliphatic hydroxyl groups is 1. The van der Waals surface area contributed by atoms with Crippen molar-refractivity contribution in [3.8, 4) is 0 Å². The van der Waals surface area contributed by atoms with Crippen molar-refractivity contribution in [2.45, 2.75) is 12.3 Å². The number of thiazole rings is 1. The lowest BCUT2D eigenvalue weighted by Gasteiger charge is -2.23. The highest BCUT2D eigenvalue weighted by molar-refractivity contribution is 7.22. The fraction of sp³-hybridized carbons (Fsp3) is 0.429. The molecule has 23 heavy (non-hydrogen) atoms. The van der Waals surface area contributed by atoms with Crippen LogP contribution in [0.4, 0.5) is 18.3 Å². The molecule has 1 heterocycles. The van der Waals surface area contributed by atoms with E-state index in [1.54, 1.807) is 0 Å². The topological polar surface area (TPSA) is 56.7 Å². The maximum atomic E-state index is 12.3. The van der Waals surface area contributed by atoms with Gasteiger partial charge >= 0.3 is 6.18 Å². The molecule has 2 aromatic rings. The van der Waals surface area contributed by atoms with E-state index in [4.69, 9.17) is 5.11 Å². The number of nitrogens with zero attached hydrogens (tertiary/aromatic N) is 3. The van der Waals surface area contributed by atoms with E-state index in [2.05, 4.69) is 4.98 Å². The van der Waals surface area contributed by atoms with Gasteiger partial charge in [0, 0.05) is 13.6 Å². The van der Waals surface area contributed by atoms with E-state index in [1.807, 2.05) is 24.3 Å². The number of anilines is 1. The number of fused-ring (bicyclic) bond motifs is 1. The third-order valence-corrected chi connectivity index (χ3v) is 4.32. The van der Waals surface area contributed by atoms with Gasteiger partial charge in [-0.1, -0.05) is 23.5 Å². The van der Waals surface area contributed by atoms with Crippen molar-refractivity contribution in [1.82, 2.24) is 9.88 Å². The van der Waals surface area contributed by atoms with Crippen molar-refractivity contribution in [1.29, 1.82) is 0 Å². The summed E-state index contributed by atoms with van der Waals surface area (Å²) in [5.41, 5.74) is 0.757. The molecule has 1 unspecified atom stereocenters. The van der Waals surface area contributed by atoms with E-state index in [0.29, 0.717) is 5.13 Å². The quantitative estimate of drug-likeness (QED) is 0.900. The van der Waals surface area contributed by atoms with Gasteiger partial charge in [0.1, 0.15) is 0 Å². The van der Waals surface area contributed by atoms with Crippen LogP contribution in [-0.4, -0.2) is 60.4 Å². The third kappa shape index (κ3) is 4.40. The molecular formula is C14H16F3N3O2S. The van der Waals surface area contributed by atoms with Gasteiger partial charge in [-0.3, -0.25) is 14.6 Å². The molecule has 126 valence electrons. The number of likely N-dealkylation sites (N-methyl/N-ethyl adjacent to an activating group) is 2. The zero-order valence-corrected chi connectivity index (χ0v) is 13.4. The van der Waals surface area contributed by atoms with Crippen LogP contribution in [0.2, 0.25) is 0 Å². The van der Waals surface area contributed by atoms with Crippen LogP contribution in [0.5, 0.6) is 0 Å². The van der Waals surface area contributed by atoms with Crippen LogP contribution in [0.15, 0.2) is 24.3 Å². The second-order valence-electron chi connectivity index (χ2n) is 5.17. The third-order valence-electron chi connectivity index (χ3n) is 3.21. The Labute approximate surface area is 134 Å². The van der Waals surface area contributed by atoms with Gasteiger partial charge in [-0.05, 0) is 19.2 Å². The molecule has 0 aliphatic heterocycles. The van der Waals surface area contributed by atoms with Gasteiger partial charge in [-0.2, -0.15) is 13.2 Å². The molecule has 0 spiro atoms. The van der Waals surface area contributed by atoms with Crippen LogP contribution in [0.1, 0.15) is 0 Å². The van der Waals surface area contributed by atoms with Crippen LogP contribution in [0.25, 0.3) is 10.2 Å². The number of benzene rings is 1. The van der Waals surface area contributed by atoms with Crippen LogP contribution in [0, 0.1) is 0 Å². The number of amides is 1. The number of halogens is 3. The van der Waals surface area contributed by atoms with Gasteiger partial charge in [-0.25, -0.2) is 4.98 Å². The Morgan fingerprint density at radius 2 is 2.00 bits per heavy atom. The Balaban J connectivity index is 1.99. The maximum Gasteiger partial charge on any atom is 0.415 e. The Kier molecular flexibility index (Phi) is 5.23. The zero-order chi connectivity index (χ0) is 17.2. The van der Waals surface area contributed by atoms with E-state index in [9.17, 15) is 18.0 Å². The van der Waals surface area contributed by atoms with E-state index in [1.165, 1.54) is 30.3 Å². The van der Waals surface area contributed by atoms with Gasteiger partial charge in [0.25, 0.3) is 0 Å². The van der Waals surface area contributed by atoms with Gasteiger partial charge in [0.2, 0.25) is 5.91 Å². The summed E-state index contributed by atoms with van der Waals surface area (Å²) < 4.78 is 37.8. The predicted molar refractivity (Wildman–Crippen MR) is 82.6 cm³/mol. The number of carbonyl (C=O) groups excluding carboxylic acids is 1. The average molecular weight is 347 g/mol. The molecule has 0 radical (unpaired) electrons. The first-order valence-corrected chi connectivity index (χ1v) is 7.55. The fourth-order valence-corrected chi connectivity index (χ4v) is 2.85. The standard InChI is InChI=1S/C14H16F3N3O2S/c1-19(7-11(21)14(15,16)17)8-12(22)20(2)13-18-9-5-3-4-6-10(9)23-13/h3-6,11,21H,7-8H2,1-2H3. The number of rotatable bonds is 5. The lowest BCUT2D eigenvalue weighted by Crippen LogP contribution is -2.43. The molecule has 0 saturated carbocycles. The summed E-state index contributed by atoms with van der Waals surface area (Å²) >= 11 is 1.33. The first kappa shape index (κ1) is 17.6. The molecule has 1 aromatic carbocycles. The summed E-state index contributed by atoms with van der Waals surface area (Å²) in [7, 11) is 2.87. The number of carbonyl (C=O) groups is 1. The number of hydrogen-bond acceptors (Lipinski definition) is 5. The number of aliphatic hydroxyl groups excluding tert-OH is 1. The van der Waals surface area contributed by atoms with E-state index in [0.717, 1.165) is 15.1 Å². The molecule has 0 aliphatic rings. The Bertz CT molecular complexity index is 656. The lowest BCUT2D eigenvalue weighted by atomic mass is 10.3. The summed E-state index contributed by atoms with van der Waals surface area (Å²) in [6.07, 6.45) is -7.18. The molecular weight excluding hydrogens is 331 g/mol. The SMILES string of the molecule is CN(CC(=O)N(C)c1nc2ccccc2s1)CC(O)C(F)(F)F. The normalized spacial score (nSPS) is 13.5. The van der Waals surface area contributed by atoms with Crippen molar-refractivity contribution in [2.24, 2.45) is 0 Å². The van der Waals surface area contributed by atoms with Gasteiger partial charge in [0.15, 0.2) is 11.2 Å². The second-order valence-corrected chi connectivity index (χ2v) is 6.18. The number of aromatic nitrogens is 1. The van der Waals surface area contributed by atoms with Crippen molar-refractivity contribution >= 4 is 32.6 Å². The molecule has 1 atom stereocenters. The highest BCUT2D eigenvalue weighted by atomic mass is 32.1. The van der Waals surface area contributed by atoms with Crippen molar-refractivity contribution in [2.75, 3.05) is 32.1 Å². The summed E-state index contributed by atoms with van der Waals surface area (Å²) in [5, 5.41) is 9.49. The van der Waals surface area contributed by atoms with Crippen molar-refractivity contribution < 1.29 is 23.1 Å². The molecule has 9 heteroatoms. The summed E-state index contributed by atoms with van der Waals surface area (Å²) in [6, 6.07) is 7.39. The minimum absolute atomic E-state index is 0.250.